The first-order valence-corrected chi connectivity index (χ1v) is 7.60. The smallest absolute Gasteiger partial charge is 0.252 e. The summed E-state index contributed by atoms with van der Waals surface area (Å²) < 4.78 is 0. The Kier molecular flexibility index (Phi) is 5.57. The Morgan fingerprint density at radius 1 is 1.50 bits per heavy atom. The average molecular weight is 308 g/mol. The van der Waals surface area contributed by atoms with Crippen LogP contribution in [0.1, 0.15) is 36.5 Å². The van der Waals surface area contributed by atoms with Crippen molar-refractivity contribution in [2.45, 2.75) is 38.3 Å². The van der Waals surface area contributed by atoms with Crippen LogP contribution in [0, 0.1) is 5.92 Å². The molecule has 0 aromatic carbocycles. The van der Waals surface area contributed by atoms with Crippen LogP contribution in [0.2, 0.25) is 0 Å². The Morgan fingerprint density at radius 3 is 2.91 bits per heavy atom. The second-order valence-corrected chi connectivity index (χ2v) is 5.83. The summed E-state index contributed by atoms with van der Waals surface area (Å²) in [5, 5.41) is 25.1. The van der Waals surface area contributed by atoms with Gasteiger partial charge in [0.2, 0.25) is 0 Å². The number of nitrogens with two attached hydrogens (primary N) is 1. The molecule has 7 heteroatoms. The van der Waals surface area contributed by atoms with E-state index in [9.17, 15) is 9.90 Å². The molecule has 1 aliphatic carbocycles. The number of amides is 1. The third-order valence-corrected chi connectivity index (χ3v) is 4.10. The topological polar surface area (TPSA) is 121 Å². The van der Waals surface area contributed by atoms with Crippen LogP contribution in [0.5, 0.6) is 0 Å². The molecule has 1 aromatic heterocycles. The number of hydrogen-bond acceptors (Lipinski definition) is 6. The first kappa shape index (κ1) is 16.5. The summed E-state index contributed by atoms with van der Waals surface area (Å²) in [6.45, 7) is 2.41. The lowest BCUT2D eigenvalue weighted by Crippen LogP contribution is -2.35. The van der Waals surface area contributed by atoms with Gasteiger partial charge in [-0.15, -0.1) is 0 Å². The predicted octanol–water partition coefficient (Wildman–Crippen LogP) is 0.546. The van der Waals surface area contributed by atoms with Crippen molar-refractivity contribution in [3.8, 4) is 0 Å². The van der Waals surface area contributed by atoms with Crippen molar-refractivity contribution < 1.29 is 15.0 Å². The minimum Gasteiger partial charge on any atom is -0.395 e. The van der Waals surface area contributed by atoms with Crippen LogP contribution < -0.4 is 16.4 Å². The molecule has 0 radical (unpaired) electrons. The summed E-state index contributed by atoms with van der Waals surface area (Å²) in [6, 6.07) is 1.80. The molecule has 1 heterocycles. The summed E-state index contributed by atoms with van der Waals surface area (Å²) in [4.78, 5) is 15.6. The van der Waals surface area contributed by atoms with E-state index in [0.717, 1.165) is 12.8 Å². The number of pyridine rings is 1. The summed E-state index contributed by atoms with van der Waals surface area (Å²) in [5.74, 6) is 0.313. The second kappa shape index (κ2) is 7.42. The van der Waals surface area contributed by atoms with Crippen molar-refractivity contribution >= 4 is 17.4 Å². The third-order valence-electron chi connectivity index (χ3n) is 4.10. The summed E-state index contributed by atoms with van der Waals surface area (Å²) in [6.07, 6.45) is 3.59. The van der Waals surface area contributed by atoms with Crippen LogP contribution in [0.4, 0.5) is 11.5 Å². The highest BCUT2D eigenvalue weighted by atomic mass is 16.3. The Labute approximate surface area is 129 Å². The molecular weight excluding hydrogens is 284 g/mol. The van der Waals surface area contributed by atoms with Crippen molar-refractivity contribution in [1.82, 2.24) is 4.98 Å². The largest absolute Gasteiger partial charge is 0.395 e. The van der Waals surface area contributed by atoms with Crippen LogP contribution in [-0.4, -0.2) is 46.4 Å². The Bertz CT molecular complexity index is 524. The molecule has 1 aromatic rings. The quantitative estimate of drug-likeness (QED) is 0.523. The number of aromatic nitrogens is 1. The Morgan fingerprint density at radius 2 is 2.27 bits per heavy atom. The van der Waals surface area contributed by atoms with E-state index >= 15 is 0 Å². The minimum absolute atomic E-state index is 0.00524. The van der Waals surface area contributed by atoms with Crippen LogP contribution in [0.3, 0.4) is 0 Å². The number of carbonyl (C=O) groups excluding carboxylic acids is 1. The lowest BCUT2D eigenvalue weighted by molar-refractivity contribution is 0.0740. The maximum atomic E-state index is 11.5. The van der Waals surface area contributed by atoms with Gasteiger partial charge < -0.3 is 26.6 Å². The second-order valence-electron chi connectivity index (χ2n) is 5.83. The zero-order valence-electron chi connectivity index (χ0n) is 12.7. The number of carbonyl (C=O) groups is 1. The van der Waals surface area contributed by atoms with E-state index in [-0.39, 0.29) is 18.8 Å². The fraction of sp³-hybridized carbons (Fsp3) is 0.600. The summed E-state index contributed by atoms with van der Waals surface area (Å²) in [7, 11) is 0. The van der Waals surface area contributed by atoms with Crippen molar-refractivity contribution in [2.24, 2.45) is 11.7 Å². The molecule has 2 rings (SSSR count). The van der Waals surface area contributed by atoms with Crippen molar-refractivity contribution in [2.75, 3.05) is 23.8 Å². The molecule has 0 bridgehead atoms. The van der Waals surface area contributed by atoms with Crippen LogP contribution in [0.25, 0.3) is 0 Å². The lowest BCUT2D eigenvalue weighted by Gasteiger charge is -2.32. The van der Waals surface area contributed by atoms with Crippen LogP contribution in [0.15, 0.2) is 12.3 Å². The van der Waals surface area contributed by atoms with Gasteiger partial charge in [-0.25, -0.2) is 4.98 Å². The van der Waals surface area contributed by atoms with Crippen molar-refractivity contribution in [3.63, 3.8) is 0 Å². The minimum atomic E-state index is -0.548. The highest BCUT2D eigenvalue weighted by Crippen LogP contribution is 2.28. The van der Waals surface area contributed by atoms with E-state index < -0.39 is 5.91 Å². The standard InChI is InChI=1S/C15H24N4O3/c1-9-2-3-10(6-13(9)21)19-12-7-14(17-4-5-20)18-8-11(12)15(16)22/h7-10,13,20-21H,2-6H2,1H3,(H2,16,22)(H2,17,18,19)/t9-,10-,13-/m1/s1. The molecule has 1 fully saturated rings. The van der Waals surface area contributed by atoms with Gasteiger partial charge in [-0.3, -0.25) is 4.79 Å². The van der Waals surface area contributed by atoms with Gasteiger partial charge >= 0.3 is 0 Å². The molecular formula is C15H24N4O3. The van der Waals surface area contributed by atoms with E-state index in [1.807, 2.05) is 6.92 Å². The molecule has 3 atom stereocenters. The van der Waals surface area contributed by atoms with Gasteiger partial charge in [0.15, 0.2) is 0 Å². The highest BCUT2D eigenvalue weighted by molar-refractivity contribution is 5.98. The van der Waals surface area contributed by atoms with Gasteiger partial charge in [0.1, 0.15) is 5.82 Å². The van der Waals surface area contributed by atoms with E-state index in [4.69, 9.17) is 10.8 Å². The summed E-state index contributed by atoms with van der Waals surface area (Å²) >= 11 is 0. The molecule has 1 amide bonds. The SMILES string of the molecule is C[C@@H]1CC[C@@H](Nc2cc(NCCO)ncc2C(N)=O)C[C@H]1O. The van der Waals surface area contributed by atoms with E-state index in [0.29, 0.717) is 36.0 Å². The molecule has 1 aliphatic rings. The number of nitrogens with one attached hydrogen (secondary N) is 2. The lowest BCUT2D eigenvalue weighted by atomic mass is 9.84. The molecule has 1 saturated carbocycles. The van der Waals surface area contributed by atoms with Gasteiger partial charge in [0.05, 0.1) is 24.0 Å². The monoisotopic (exact) mass is 308 g/mol. The van der Waals surface area contributed by atoms with E-state index in [2.05, 4.69) is 15.6 Å². The fourth-order valence-corrected chi connectivity index (χ4v) is 2.70. The highest BCUT2D eigenvalue weighted by Gasteiger charge is 2.26. The molecule has 0 unspecified atom stereocenters. The molecule has 7 nitrogen and oxygen atoms in total. The fourth-order valence-electron chi connectivity index (χ4n) is 2.70. The average Bonchev–Trinajstić information content (AvgIpc) is 2.49. The maximum Gasteiger partial charge on any atom is 0.252 e. The zero-order valence-corrected chi connectivity index (χ0v) is 12.7. The molecule has 22 heavy (non-hydrogen) atoms. The van der Waals surface area contributed by atoms with Crippen LogP contribution >= 0.6 is 0 Å². The third kappa shape index (κ3) is 4.08. The Hall–Kier alpha value is -1.86. The van der Waals surface area contributed by atoms with Gasteiger partial charge in [-0.2, -0.15) is 0 Å². The first-order valence-electron chi connectivity index (χ1n) is 7.60. The number of primary amides is 1. The van der Waals surface area contributed by atoms with Crippen molar-refractivity contribution in [1.29, 1.82) is 0 Å². The molecule has 122 valence electrons. The van der Waals surface area contributed by atoms with Gasteiger partial charge in [0.25, 0.3) is 5.91 Å². The molecule has 0 spiro atoms. The number of hydrogen-bond donors (Lipinski definition) is 5. The number of anilines is 2. The molecule has 0 saturated heterocycles. The predicted molar refractivity (Wildman–Crippen MR) is 84.8 cm³/mol. The van der Waals surface area contributed by atoms with Gasteiger partial charge in [-0.05, 0) is 25.2 Å². The van der Waals surface area contributed by atoms with E-state index in [1.165, 1.54) is 6.20 Å². The number of rotatable bonds is 6. The molecule has 6 N–H and O–H groups in total. The zero-order chi connectivity index (χ0) is 16.1. The summed E-state index contributed by atoms with van der Waals surface area (Å²) in [5.41, 5.74) is 6.32. The van der Waals surface area contributed by atoms with Gasteiger partial charge in [-0.1, -0.05) is 6.92 Å². The Balaban J connectivity index is 2.14. The first-order chi connectivity index (χ1) is 10.5. The number of aliphatic hydroxyl groups excluding tert-OH is 2. The van der Waals surface area contributed by atoms with Gasteiger partial charge in [0, 0.05) is 24.8 Å². The maximum absolute atomic E-state index is 11.5. The van der Waals surface area contributed by atoms with Crippen molar-refractivity contribution in [3.05, 3.63) is 17.8 Å². The normalized spacial score (nSPS) is 24.8. The number of aliphatic hydroxyl groups is 2. The molecule has 0 aliphatic heterocycles. The van der Waals surface area contributed by atoms with Crippen LogP contribution in [-0.2, 0) is 0 Å². The number of nitrogens with zero attached hydrogens (tertiary/aromatic N) is 1. The van der Waals surface area contributed by atoms with E-state index in [1.54, 1.807) is 6.07 Å².